The van der Waals surface area contributed by atoms with E-state index in [1.54, 1.807) is 0 Å². The minimum absolute atomic E-state index is 0.288. The molecule has 1 amide bonds. The van der Waals surface area contributed by atoms with Crippen molar-refractivity contribution in [1.29, 1.82) is 0 Å². The molecule has 2 atom stereocenters. The second-order valence-electron chi connectivity index (χ2n) is 5.85. The van der Waals surface area contributed by atoms with E-state index >= 15 is 0 Å². The lowest BCUT2D eigenvalue weighted by atomic mass is 9.86. The highest BCUT2D eigenvalue weighted by Gasteiger charge is 2.22. The van der Waals surface area contributed by atoms with Gasteiger partial charge in [-0.05, 0) is 45.1 Å². The highest BCUT2D eigenvalue weighted by Crippen LogP contribution is 2.26. The molecular weight excluding hydrogens is 212 g/mol. The molecule has 2 rings (SSSR count). The van der Waals surface area contributed by atoms with Crippen molar-refractivity contribution in [3.8, 4) is 0 Å². The molecule has 17 heavy (non-hydrogen) atoms. The van der Waals surface area contributed by atoms with Gasteiger partial charge in [-0.2, -0.15) is 0 Å². The normalized spacial score (nSPS) is 31.1. The lowest BCUT2D eigenvalue weighted by molar-refractivity contribution is -0.123. The number of hydrogen-bond acceptors (Lipinski definition) is 2. The molecule has 2 aliphatic rings. The maximum Gasteiger partial charge on any atom is 0.220 e. The first-order valence-electron chi connectivity index (χ1n) is 7.27. The Morgan fingerprint density at radius 2 is 2.00 bits per heavy atom. The van der Waals surface area contributed by atoms with E-state index in [9.17, 15) is 4.79 Å². The van der Waals surface area contributed by atoms with Gasteiger partial charge in [-0.1, -0.05) is 19.3 Å². The molecule has 0 aromatic rings. The Morgan fingerprint density at radius 3 is 2.71 bits per heavy atom. The van der Waals surface area contributed by atoms with E-state index in [1.165, 1.54) is 32.1 Å². The molecule has 98 valence electrons. The van der Waals surface area contributed by atoms with Crippen molar-refractivity contribution in [3.05, 3.63) is 0 Å². The fourth-order valence-corrected chi connectivity index (χ4v) is 3.20. The summed E-state index contributed by atoms with van der Waals surface area (Å²) in [6.07, 6.45) is 9.45. The first-order valence-corrected chi connectivity index (χ1v) is 7.27. The molecule has 2 fully saturated rings. The van der Waals surface area contributed by atoms with E-state index in [0.717, 1.165) is 25.8 Å². The number of rotatable bonds is 3. The number of carbonyl (C=O) groups excluding carboxylic acids is 1. The van der Waals surface area contributed by atoms with Gasteiger partial charge in [0, 0.05) is 18.5 Å². The van der Waals surface area contributed by atoms with Gasteiger partial charge < -0.3 is 10.6 Å². The summed E-state index contributed by atoms with van der Waals surface area (Å²) in [4.78, 5) is 12.0. The minimum Gasteiger partial charge on any atom is -0.353 e. The number of hydrogen-bond donors (Lipinski definition) is 2. The average molecular weight is 238 g/mol. The summed E-state index contributed by atoms with van der Waals surface area (Å²) in [5.41, 5.74) is 0. The van der Waals surface area contributed by atoms with Crippen LogP contribution < -0.4 is 10.6 Å². The number of nitrogens with one attached hydrogen (secondary N) is 2. The quantitative estimate of drug-likeness (QED) is 0.791. The molecule has 2 unspecified atom stereocenters. The van der Waals surface area contributed by atoms with Crippen LogP contribution in [0, 0.1) is 5.92 Å². The molecule has 3 heteroatoms. The molecule has 1 aliphatic heterocycles. The minimum atomic E-state index is 0.288. The fraction of sp³-hybridized carbons (Fsp3) is 0.929. The van der Waals surface area contributed by atoms with Crippen molar-refractivity contribution in [2.75, 3.05) is 6.54 Å². The van der Waals surface area contributed by atoms with Crippen LogP contribution in [0.5, 0.6) is 0 Å². The van der Waals surface area contributed by atoms with Crippen molar-refractivity contribution >= 4 is 5.91 Å². The monoisotopic (exact) mass is 238 g/mol. The van der Waals surface area contributed by atoms with Crippen LogP contribution in [0.1, 0.15) is 58.3 Å². The molecule has 0 radical (unpaired) electrons. The van der Waals surface area contributed by atoms with Crippen LogP contribution in [0.25, 0.3) is 0 Å². The van der Waals surface area contributed by atoms with Gasteiger partial charge in [0.15, 0.2) is 0 Å². The molecule has 1 heterocycles. The van der Waals surface area contributed by atoms with Gasteiger partial charge in [-0.15, -0.1) is 0 Å². The van der Waals surface area contributed by atoms with Crippen LogP contribution in [0.2, 0.25) is 0 Å². The smallest absolute Gasteiger partial charge is 0.220 e. The Hall–Kier alpha value is -0.570. The number of carbonyl (C=O) groups is 1. The van der Waals surface area contributed by atoms with Crippen molar-refractivity contribution in [1.82, 2.24) is 10.6 Å². The molecule has 1 saturated heterocycles. The summed E-state index contributed by atoms with van der Waals surface area (Å²) in [5.74, 6) is 0.943. The first kappa shape index (κ1) is 12.9. The van der Waals surface area contributed by atoms with Gasteiger partial charge >= 0.3 is 0 Å². The highest BCUT2D eigenvalue weighted by molar-refractivity contribution is 5.76. The number of piperidine rings is 1. The predicted molar refractivity (Wildman–Crippen MR) is 69.8 cm³/mol. The van der Waals surface area contributed by atoms with E-state index in [2.05, 4.69) is 17.6 Å². The summed E-state index contributed by atoms with van der Waals surface area (Å²) >= 11 is 0. The van der Waals surface area contributed by atoms with Crippen molar-refractivity contribution < 1.29 is 4.79 Å². The van der Waals surface area contributed by atoms with Crippen LogP contribution in [0.3, 0.4) is 0 Å². The van der Waals surface area contributed by atoms with Gasteiger partial charge in [0.25, 0.3) is 0 Å². The lowest BCUT2D eigenvalue weighted by Gasteiger charge is -2.29. The Labute approximate surface area is 105 Å². The van der Waals surface area contributed by atoms with Gasteiger partial charge in [0.05, 0.1) is 0 Å². The molecule has 2 N–H and O–H groups in total. The van der Waals surface area contributed by atoms with Crippen LogP contribution in [0.4, 0.5) is 0 Å². The summed E-state index contributed by atoms with van der Waals surface area (Å²) in [6.45, 7) is 3.23. The second-order valence-corrected chi connectivity index (χ2v) is 5.85. The maximum atomic E-state index is 12.0. The largest absolute Gasteiger partial charge is 0.353 e. The summed E-state index contributed by atoms with van der Waals surface area (Å²) in [5, 5.41) is 6.63. The highest BCUT2D eigenvalue weighted by atomic mass is 16.1. The van der Waals surface area contributed by atoms with Crippen LogP contribution in [-0.4, -0.2) is 24.5 Å². The maximum absolute atomic E-state index is 12.0. The molecule has 3 nitrogen and oxygen atoms in total. The lowest BCUT2D eigenvalue weighted by Crippen LogP contribution is -2.46. The van der Waals surface area contributed by atoms with E-state index in [0.29, 0.717) is 18.0 Å². The molecule has 0 aromatic heterocycles. The van der Waals surface area contributed by atoms with Gasteiger partial charge in [-0.3, -0.25) is 4.79 Å². The molecular formula is C14H26N2O. The van der Waals surface area contributed by atoms with Gasteiger partial charge in [0.2, 0.25) is 5.91 Å². The Morgan fingerprint density at radius 1 is 1.24 bits per heavy atom. The third kappa shape index (κ3) is 4.30. The van der Waals surface area contributed by atoms with Crippen LogP contribution in [-0.2, 0) is 4.79 Å². The van der Waals surface area contributed by atoms with Crippen molar-refractivity contribution in [3.63, 3.8) is 0 Å². The Bertz CT molecular complexity index is 249. The summed E-state index contributed by atoms with van der Waals surface area (Å²) in [6, 6.07) is 0.950. The first-order chi connectivity index (χ1) is 8.24. The Kier molecular flexibility index (Phi) is 4.84. The molecule has 0 spiro atoms. The second kappa shape index (κ2) is 6.39. The summed E-state index contributed by atoms with van der Waals surface area (Å²) < 4.78 is 0. The van der Waals surface area contributed by atoms with Gasteiger partial charge in [-0.25, -0.2) is 0 Å². The van der Waals surface area contributed by atoms with Gasteiger partial charge in [0.1, 0.15) is 0 Å². The standard InChI is InChI=1S/C14H26N2O/c1-11-9-13(7-8-15-11)16-14(17)10-12-5-3-2-4-6-12/h11-13,15H,2-10H2,1H3,(H,16,17). The molecule has 0 aromatic carbocycles. The predicted octanol–water partition coefficient (Wildman–Crippen LogP) is 2.21. The van der Waals surface area contributed by atoms with E-state index in [1.807, 2.05) is 0 Å². The van der Waals surface area contributed by atoms with Crippen LogP contribution in [0.15, 0.2) is 0 Å². The zero-order valence-electron chi connectivity index (χ0n) is 11.0. The van der Waals surface area contributed by atoms with Crippen LogP contribution >= 0.6 is 0 Å². The fourth-order valence-electron chi connectivity index (χ4n) is 3.20. The zero-order valence-corrected chi connectivity index (χ0v) is 11.0. The molecule has 1 saturated carbocycles. The topological polar surface area (TPSA) is 41.1 Å². The summed E-state index contributed by atoms with van der Waals surface area (Å²) in [7, 11) is 0. The third-order valence-electron chi connectivity index (χ3n) is 4.19. The molecule has 1 aliphatic carbocycles. The number of amides is 1. The molecule has 0 bridgehead atoms. The average Bonchev–Trinajstić information content (AvgIpc) is 2.30. The van der Waals surface area contributed by atoms with Crippen molar-refractivity contribution in [2.45, 2.75) is 70.4 Å². The van der Waals surface area contributed by atoms with E-state index in [4.69, 9.17) is 0 Å². The van der Waals surface area contributed by atoms with E-state index in [-0.39, 0.29) is 5.91 Å². The van der Waals surface area contributed by atoms with Crippen molar-refractivity contribution in [2.24, 2.45) is 5.92 Å². The zero-order chi connectivity index (χ0) is 12.1. The van der Waals surface area contributed by atoms with E-state index < -0.39 is 0 Å². The SMILES string of the molecule is CC1CC(NC(=O)CC2CCCCC2)CCN1. The third-order valence-corrected chi connectivity index (χ3v) is 4.19. The Balaban J connectivity index is 1.68.